The van der Waals surface area contributed by atoms with Gasteiger partial charge in [-0.2, -0.15) is 5.10 Å². The number of aliphatic hydroxyl groups is 1. The van der Waals surface area contributed by atoms with Crippen molar-refractivity contribution in [2.45, 2.75) is 30.9 Å². The smallest absolute Gasteiger partial charge is 0.257 e. The summed E-state index contributed by atoms with van der Waals surface area (Å²) in [6.45, 7) is 1.95. The van der Waals surface area contributed by atoms with E-state index in [4.69, 9.17) is 0 Å². The zero-order valence-corrected chi connectivity index (χ0v) is 9.29. The van der Waals surface area contributed by atoms with E-state index >= 15 is 0 Å². The van der Waals surface area contributed by atoms with Crippen molar-refractivity contribution in [1.29, 1.82) is 0 Å². The summed E-state index contributed by atoms with van der Waals surface area (Å²) in [6, 6.07) is 1.36. The molecule has 1 rings (SSSR count). The quantitative estimate of drug-likeness (QED) is 0.636. The van der Waals surface area contributed by atoms with Crippen LogP contribution in [0.4, 0.5) is 0 Å². The highest BCUT2D eigenvalue weighted by Crippen LogP contribution is 2.03. The maximum absolute atomic E-state index is 11.5. The maximum atomic E-state index is 11.5. The number of rotatable bonds is 6. The second kappa shape index (κ2) is 5.24. The van der Waals surface area contributed by atoms with Gasteiger partial charge in [0, 0.05) is 6.54 Å². The Kier molecular flexibility index (Phi) is 4.25. The average Bonchev–Trinajstić information content (AvgIpc) is 2.69. The molecular weight excluding hydrogens is 218 g/mol. The zero-order valence-electron chi connectivity index (χ0n) is 8.47. The molecule has 0 aliphatic carbocycles. The molecule has 1 aromatic heterocycles. The minimum atomic E-state index is -3.56. The van der Waals surface area contributed by atoms with Gasteiger partial charge in [-0.05, 0) is 12.5 Å². The summed E-state index contributed by atoms with van der Waals surface area (Å²) in [4.78, 5) is 0. The fourth-order valence-electron chi connectivity index (χ4n) is 1.11. The molecule has 86 valence electrons. The lowest BCUT2D eigenvalue weighted by molar-refractivity contribution is 0.167. The summed E-state index contributed by atoms with van der Waals surface area (Å²) in [6.07, 6.45) is 2.10. The minimum Gasteiger partial charge on any atom is -0.392 e. The van der Waals surface area contributed by atoms with Crippen LogP contribution in [0.25, 0.3) is 0 Å². The molecule has 0 aliphatic rings. The van der Waals surface area contributed by atoms with E-state index in [-0.39, 0.29) is 11.6 Å². The van der Waals surface area contributed by atoms with E-state index < -0.39 is 16.1 Å². The number of sulfonamides is 1. The minimum absolute atomic E-state index is 0.00574. The molecule has 0 spiro atoms. The van der Waals surface area contributed by atoms with Crippen molar-refractivity contribution in [3.8, 4) is 0 Å². The lowest BCUT2D eigenvalue weighted by Gasteiger charge is -2.09. The van der Waals surface area contributed by atoms with Crippen LogP contribution in [0.2, 0.25) is 0 Å². The largest absolute Gasteiger partial charge is 0.392 e. The number of hydrogen-bond acceptors (Lipinski definition) is 4. The molecule has 0 saturated carbocycles. The third kappa shape index (κ3) is 3.61. The predicted octanol–water partition coefficient (Wildman–Crippen LogP) is -0.151. The van der Waals surface area contributed by atoms with E-state index in [0.717, 1.165) is 6.42 Å². The van der Waals surface area contributed by atoms with Gasteiger partial charge in [0.1, 0.15) is 0 Å². The van der Waals surface area contributed by atoms with E-state index in [9.17, 15) is 13.5 Å². The van der Waals surface area contributed by atoms with Gasteiger partial charge in [-0.15, -0.1) is 0 Å². The Morgan fingerprint density at radius 3 is 2.93 bits per heavy atom. The van der Waals surface area contributed by atoms with Crippen molar-refractivity contribution in [3.63, 3.8) is 0 Å². The molecule has 0 saturated heterocycles. The highest BCUT2D eigenvalue weighted by atomic mass is 32.2. The van der Waals surface area contributed by atoms with Gasteiger partial charge in [0.25, 0.3) is 10.0 Å². The van der Waals surface area contributed by atoms with Crippen LogP contribution in [0.5, 0.6) is 0 Å². The van der Waals surface area contributed by atoms with Gasteiger partial charge in [0.2, 0.25) is 0 Å². The number of nitrogens with one attached hydrogen (secondary N) is 2. The molecular formula is C8H15N3O3S. The fraction of sp³-hybridized carbons (Fsp3) is 0.625. The van der Waals surface area contributed by atoms with E-state index in [0.29, 0.717) is 6.42 Å². The molecule has 0 bridgehead atoms. The van der Waals surface area contributed by atoms with Crippen LogP contribution >= 0.6 is 0 Å². The highest BCUT2D eigenvalue weighted by Gasteiger charge is 2.16. The third-order valence-electron chi connectivity index (χ3n) is 1.90. The summed E-state index contributed by atoms with van der Waals surface area (Å²) in [7, 11) is -3.56. The van der Waals surface area contributed by atoms with E-state index in [2.05, 4.69) is 14.9 Å². The number of nitrogens with zero attached hydrogens (tertiary/aromatic N) is 1. The second-order valence-electron chi connectivity index (χ2n) is 3.22. The van der Waals surface area contributed by atoms with Gasteiger partial charge in [-0.25, -0.2) is 13.1 Å². The highest BCUT2D eigenvalue weighted by molar-refractivity contribution is 7.89. The van der Waals surface area contributed by atoms with E-state index in [1.807, 2.05) is 6.92 Å². The summed E-state index contributed by atoms with van der Waals surface area (Å²) >= 11 is 0. The fourth-order valence-corrected chi connectivity index (χ4v) is 2.09. The van der Waals surface area contributed by atoms with Crippen LogP contribution in [0.3, 0.4) is 0 Å². The van der Waals surface area contributed by atoms with E-state index in [1.165, 1.54) is 12.3 Å². The predicted molar refractivity (Wildman–Crippen MR) is 54.7 cm³/mol. The van der Waals surface area contributed by atoms with Crippen LogP contribution in [-0.4, -0.2) is 36.4 Å². The zero-order chi connectivity index (χ0) is 11.3. The average molecular weight is 233 g/mol. The summed E-state index contributed by atoms with van der Waals surface area (Å²) in [5.74, 6) is 0. The molecule has 6 nitrogen and oxygen atoms in total. The molecule has 15 heavy (non-hydrogen) atoms. The molecule has 0 fully saturated rings. The Balaban J connectivity index is 2.52. The molecule has 1 atom stereocenters. The molecule has 0 radical (unpaired) electrons. The molecule has 0 aliphatic heterocycles. The Bertz CT molecular complexity index is 374. The number of hydrogen-bond donors (Lipinski definition) is 3. The number of aromatic amines is 1. The van der Waals surface area contributed by atoms with Crippen molar-refractivity contribution >= 4 is 10.0 Å². The molecule has 3 N–H and O–H groups in total. The molecule has 1 aromatic rings. The number of aliphatic hydroxyl groups excluding tert-OH is 1. The van der Waals surface area contributed by atoms with Gasteiger partial charge >= 0.3 is 0 Å². The van der Waals surface area contributed by atoms with Crippen molar-refractivity contribution < 1.29 is 13.5 Å². The monoisotopic (exact) mass is 233 g/mol. The Hall–Kier alpha value is -0.920. The first-order valence-corrected chi connectivity index (χ1v) is 6.21. The second-order valence-corrected chi connectivity index (χ2v) is 4.95. The summed E-state index contributed by atoms with van der Waals surface area (Å²) < 4.78 is 25.3. The molecule has 0 aromatic carbocycles. The summed E-state index contributed by atoms with van der Waals surface area (Å²) in [5.41, 5.74) is 0. The van der Waals surface area contributed by atoms with E-state index in [1.54, 1.807) is 0 Å². The van der Waals surface area contributed by atoms with Crippen LogP contribution in [0.1, 0.15) is 19.8 Å². The first kappa shape index (κ1) is 12.2. The number of H-pyrrole nitrogens is 1. The molecule has 1 unspecified atom stereocenters. The topological polar surface area (TPSA) is 95.1 Å². The van der Waals surface area contributed by atoms with Crippen LogP contribution < -0.4 is 4.72 Å². The van der Waals surface area contributed by atoms with Crippen LogP contribution in [-0.2, 0) is 10.0 Å². The molecule has 0 amide bonds. The van der Waals surface area contributed by atoms with Gasteiger partial charge in [0.15, 0.2) is 5.03 Å². The van der Waals surface area contributed by atoms with Crippen molar-refractivity contribution in [3.05, 3.63) is 12.3 Å². The van der Waals surface area contributed by atoms with Gasteiger partial charge in [-0.3, -0.25) is 5.10 Å². The van der Waals surface area contributed by atoms with Crippen molar-refractivity contribution in [2.75, 3.05) is 6.54 Å². The van der Waals surface area contributed by atoms with Gasteiger partial charge in [0.05, 0.1) is 12.3 Å². The van der Waals surface area contributed by atoms with Crippen molar-refractivity contribution in [1.82, 2.24) is 14.9 Å². The Morgan fingerprint density at radius 2 is 2.40 bits per heavy atom. The SMILES string of the molecule is CCCC(O)CNS(=O)(=O)c1ccn[nH]1. The lowest BCUT2D eigenvalue weighted by Crippen LogP contribution is -2.32. The normalized spacial score (nSPS) is 14.0. The van der Waals surface area contributed by atoms with Crippen molar-refractivity contribution in [2.24, 2.45) is 0 Å². The Labute approximate surface area is 88.8 Å². The molecule has 1 heterocycles. The standard InChI is InChI=1S/C8H15N3O3S/c1-2-3-7(12)6-10-15(13,14)8-4-5-9-11-8/h4-5,7,10,12H,2-3,6H2,1H3,(H,9,11). The van der Waals surface area contributed by atoms with Crippen LogP contribution in [0.15, 0.2) is 17.3 Å². The first-order valence-electron chi connectivity index (χ1n) is 4.73. The third-order valence-corrected chi connectivity index (χ3v) is 3.25. The maximum Gasteiger partial charge on any atom is 0.257 e. The number of aromatic nitrogens is 2. The Morgan fingerprint density at radius 1 is 1.67 bits per heavy atom. The van der Waals surface area contributed by atoms with Gasteiger partial charge < -0.3 is 5.11 Å². The van der Waals surface area contributed by atoms with Crippen LogP contribution in [0, 0.1) is 0 Å². The lowest BCUT2D eigenvalue weighted by atomic mass is 10.2. The summed E-state index contributed by atoms with van der Waals surface area (Å²) in [5, 5.41) is 15.3. The first-order chi connectivity index (χ1) is 7.06. The van der Waals surface area contributed by atoms with Gasteiger partial charge in [-0.1, -0.05) is 13.3 Å². The molecule has 7 heteroatoms.